The van der Waals surface area contributed by atoms with Gasteiger partial charge >= 0.3 is 0 Å². The Balaban J connectivity index is 0.000000244. The molecular weight excluding hydrogens is 1420 g/mol. The summed E-state index contributed by atoms with van der Waals surface area (Å²) in [6.07, 6.45) is 10.0. The molecule has 0 spiro atoms. The van der Waals surface area contributed by atoms with Gasteiger partial charge in [-0.25, -0.2) is 32.7 Å². The minimum absolute atomic E-state index is 0.0595. The average Bonchev–Trinajstić information content (AvgIpc) is 3.41. The molecule has 5 N–H and O–H groups in total. The number of pyridine rings is 4. The Kier molecular flexibility index (Phi) is 27.0. The first kappa shape index (κ1) is 67.3. The third-order valence-electron chi connectivity index (χ3n) is 8.80. The molecule has 34 heteroatoms. The van der Waals surface area contributed by atoms with E-state index in [0.717, 1.165) is 4.31 Å². The quantitative estimate of drug-likeness (QED) is 0.0221. The fourth-order valence-corrected chi connectivity index (χ4v) is 18.0. The third-order valence-corrected chi connectivity index (χ3v) is 25.3. The number of anilines is 4. The van der Waals surface area contributed by atoms with Gasteiger partial charge in [-0.05, 0) is 146 Å². The summed E-state index contributed by atoms with van der Waals surface area (Å²) in [5.41, 5.74) is 11.9. The Bertz CT molecular complexity index is 3570. The molecule has 7 rings (SSSR count). The molecule has 0 fully saturated rings. The van der Waals surface area contributed by atoms with Gasteiger partial charge < -0.3 is 30.4 Å². The molecule has 3 atom stereocenters. The maximum absolute atomic E-state index is 13.2. The lowest BCUT2D eigenvalue weighted by Crippen LogP contribution is -2.32. The SMILES string of the molecule is CCOC1=C(Cl)C=CS(S(=O)(=O)Cl)=C1.CCOC1=C(Cl)C=CS(S(=O)(=O)N(COC)c2cc(Cl)cnc2Br)=C1.CCOC1=C(Cl)C=CS(S(=O)(=O)Nc2cc(Cl)cnc2C(=O)c2ccnc(N)c2)=C1.Nc1cc(Cl)cnc1Br. The van der Waals surface area contributed by atoms with E-state index in [0.29, 0.717) is 71.4 Å². The Labute approximate surface area is 507 Å². The topological polar surface area (TPSA) is 275 Å². The molecule has 424 valence electrons. The molecule has 0 saturated carbocycles. The van der Waals surface area contributed by atoms with Gasteiger partial charge in [0.05, 0.1) is 67.0 Å². The summed E-state index contributed by atoms with van der Waals surface area (Å²) in [6.45, 7) is 6.27. The first-order valence-corrected chi connectivity index (χ1v) is 36.0. The van der Waals surface area contributed by atoms with Crippen molar-refractivity contribution >= 4 is 212 Å². The molecule has 3 aliphatic rings. The van der Waals surface area contributed by atoms with E-state index in [9.17, 15) is 30.0 Å². The van der Waals surface area contributed by atoms with Crippen molar-refractivity contribution < 1.29 is 49.0 Å². The standard InChI is InChI=1S/C18H16Cl2N4O4S2.C14H15BrCl2N2O4S2.C7H8Cl2O3S2.C5H4BrClN2/c1-2-28-15-10-29(6-4-13(15)20)30(26,27)24-14-8-12(19)9-23-17(14)18(25)11-3-5-22-16(21)7-11;1-3-23-13-8-24(5-4-11(13)17)25(20,21)19(9-22-2)12-6-10(16)7-18-14(12)15;1-2-12-7-5-13(14(9,10)11)4-3-6(7)8;6-5-4(8)1-3(7)2-9-5/h3-10,24H,2H2,1H3,(H2,21,22);4-8H,3,9H2,1-2H3;3-5H,2H2,1H3;1-2H,8H2. The number of nitrogens with two attached hydrogens (primary N) is 2. The van der Waals surface area contributed by atoms with Gasteiger partial charge in [0.2, 0.25) is 5.78 Å². The van der Waals surface area contributed by atoms with Crippen LogP contribution in [-0.4, -0.2) is 101 Å². The van der Waals surface area contributed by atoms with E-state index >= 15 is 0 Å². The van der Waals surface area contributed by atoms with Crippen LogP contribution < -0.4 is 20.5 Å². The lowest BCUT2D eigenvalue weighted by molar-refractivity contribution is 0.103. The second kappa shape index (κ2) is 31.3. The molecule has 3 unspecified atom stereocenters. The molecule has 78 heavy (non-hydrogen) atoms. The maximum atomic E-state index is 13.2. The van der Waals surface area contributed by atoms with Gasteiger partial charge in [-0.1, -0.05) is 69.6 Å². The van der Waals surface area contributed by atoms with Crippen molar-refractivity contribution in [3.63, 3.8) is 0 Å². The number of aromatic nitrogens is 4. The molecule has 0 aliphatic carbocycles. The van der Waals surface area contributed by atoms with Crippen LogP contribution in [0.4, 0.5) is 22.9 Å². The van der Waals surface area contributed by atoms with Crippen molar-refractivity contribution in [3.05, 3.63) is 157 Å². The van der Waals surface area contributed by atoms with Crippen LogP contribution in [0, 0.1) is 0 Å². The first-order chi connectivity index (χ1) is 36.7. The zero-order valence-electron chi connectivity index (χ0n) is 40.5. The van der Waals surface area contributed by atoms with Crippen molar-refractivity contribution in [2.24, 2.45) is 0 Å². The minimum Gasteiger partial charge on any atom is -0.492 e. The van der Waals surface area contributed by atoms with Gasteiger partial charge in [0, 0.05) is 64.2 Å². The third kappa shape index (κ3) is 19.7. The number of rotatable bonds is 17. The van der Waals surface area contributed by atoms with Gasteiger partial charge in [-0.15, -0.1) is 0 Å². The van der Waals surface area contributed by atoms with E-state index in [4.69, 9.17) is 111 Å². The van der Waals surface area contributed by atoms with Crippen LogP contribution >= 0.6 is 141 Å². The molecule has 0 saturated heterocycles. The van der Waals surface area contributed by atoms with E-state index in [1.165, 1.54) is 107 Å². The first-order valence-electron chi connectivity index (χ1n) is 21.3. The highest BCUT2D eigenvalue weighted by Gasteiger charge is 2.30. The number of nitrogens with one attached hydrogen (secondary N) is 1. The summed E-state index contributed by atoms with van der Waals surface area (Å²) < 4.78 is 99.8. The van der Waals surface area contributed by atoms with E-state index in [-0.39, 0.29) is 46.0 Å². The summed E-state index contributed by atoms with van der Waals surface area (Å²) in [5, 5.41) is 10.7. The summed E-state index contributed by atoms with van der Waals surface area (Å²) in [6, 6.07) is 7.27. The van der Waals surface area contributed by atoms with Crippen LogP contribution in [0.25, 0.3) is 0 Å². The van der Waals surface area contributed by atoms with Crippen molar-refractivity contribution in [1.29, 1.82) is 0 Å². The van der Waals surface area contributed by atoms with Gasteiger partial charge in [-0.3, -0.25) is 9.52 Å². The van der Waals surface area contributed by atoms with Crippen LogP contribution in [0.2, 0.25) is 15.1 Å². The van der Waals surface area contributed by atoms with E-state index in [2.05, 4.69) is 56.5 Å². The van der Waals surface area contributed by atoms with Crippen molar-refractivity contribution in [2.75, 3.05) is 54.2 Å². The summed E-state index contributed by atoms with van der Waals surface area (Å²) in [7, 11) is -8.72. The molecule has 0 radical (unpaired) electrons. The molecule has 4 aromatic rings. The second-order valence-corrected chi connectivity index (χ2v) is 34.1. The highest BCUT2D eigenvalue weighted by molar-refractivity contribution is 9.10. The number of nitrogen functional groups attached to an aromatic ring is 2. The maximum Gasteiger partial charge on any atom is 0.289 e. The van der Waals surface area contributed by atoms with Gasteiger partial charge in [0.25, 0.3) is 26.2 Å². The largest absolute Gasteiger partial charge is 0.492 e. The van der Waals surface area contributed by atoms with Crippen LogP contribution in [0.15, 0.2) is 131 Å². The van der Waals surface area contributed by atoms with Crippen molar-refractivity contribution in [1.82, 2.24) is 19.9 Å². The number of hydrogen-bond donors (Lipinski definition) is 3. The molecule has 19 nitrogen and oxygen atoms in total. The number of nitrogens with zero attached hydrogens (tertiary/aromatic N) is 5. The fraction of sp³-hybridized carbons (Fsp3) is 0.182. The van der Waals surface area contributed by atoms with Crippen LogP contribution in [0.3, 0.4) is 0 Å². The zero-order chi connectivity index (χ0) is 58.1. The molecule has 0 bridgehead atoms. The van der Waals surface area contributed by atoms with E-state index < -0.39 is 60.5 Å². The Hall–Kier alpha value is -3.23. The van der Waals surface area contributed by atoms with Gasteiger partial charge in [0.15, 0.2) is 0 Å². The van der Waals surface area contributed by atoms with Crippen LogP contribution in [-0.2, 0) is 45.1 Å². The predicted octanol–water partition coefficient (Wildman–Crippen LogP) is 12.6. The molecule has 0 amide bonds. The molecule has 7 heterocycles. The van der Waals surface area contributed by atoms with Crippen LogP contribution in [0.1, 0.15) is 36.8 Å². The lowest BCUT2D eigenvalue weighted by Gasteiger charge is -2.26. The Morgan fingerprint density at radius 1 is 0.667 bits per heavy atom. The smallest absolute Gasteiger partial charge is 0.289 e. The van der Waals surface area contributed by atoms with Crippen molar-refractivity contribution in [2.45, 2.75) is 20.8 Å². The van der Waals surface area contributed by atoms with Gasteiger partial charge in [-0.2, -0.15) is 16.8 Å². The number of ether oxygens (including phenoxy) is 4. The second-order valence-electron chi connectivity index (χ2n) is 14.2. The number of methoxy groups -OCH3 is 1. The van der Waals surface area contributed by atoms with E-state index in [1.54, 1.807) is 26.8 Å². The van der Waals surface area contributed by atoms with Gasteiger partial charge in [0.1, 0.15) is 44.7 Å². The summed E-state index contributed by atoms with van der Waals surface area (Å²) in [5.74, 6) is 0.571. The molecular formula is C44H43Br2Cl7N8O11S6. The highest BCUT2D eigenvalue weighted by Crippen LogP contribution is 2.39. The number of hydrogen-bond acceptors (Lipinski definition) is 17. The molecule has 0 aromatic carbocycles. The normalized spacial score (nSPS) is 16.9. The predicted molar refractivity (Wildman–Crippen MR) is 332 cm³/mol. The lowest BCUT2D eigenvalue weighted by atomic mass is 10.1. The number of allylic oxidation sites excluding steroid dienone is 9. The van der Waals surface area contributed by atoms with E-state index in [1.807, 2.05) is 0 Å². The van der Waals surface area contributed by atoms with Crippen LogP contribution in [0.5, 0.6) is 0 Å². The fourth-order valence-electron chi connectivity index (χ4n) is 5.50. The molecule has 4 aromatic heterocycles. The Morgan fingerprint density at radius 2 is 1.14 bits per heavy atom. The average molecular weight is 1460 g/mol. The summed E-state index contributed by atoms with van der Waals surface area (Å²) in [4.78, 5) is 28.6. The highest BCUT2D eigenvalue weighted by atomic mass is 79.9. The van der Waals surface area contributed by atoms with Crippen molar-refractivity contribution in [3.8, 4) is 0 Å². The minimum atomic E-state index is -4.00. The Morgan fingerprint density at radius 3 is 1.64 bits per heavy atom. The number of carbonyl (C=O) groups is 1. The summed E-state index contributed by atoms with van der Waals surface area (Å²) >= 11 is 41.8. The number of carbonyl (C=O) groups excluding carboxylic acids is 1. The molecule has 3 aliphatic heterocycles. The number of halogens is 9. The monoisotopic (exact) mass is 1450 g/mol. The number of ketones is 1. The zero-order valence-corrected chi connectivity index (χ0v) is 53.8.